The maximum Gasteiger partial charge on any atom is 0.0666 e. The van der Waals surface area contributed by atoms with Gasteiger partial charge >= 0.3 is 0 Å². The van der Waals surface area contributed by atoms with Gasteiger partial charge in [0, 0.05) is 27.8 Å². The predicted octanol–water partition coefficient (Wildman–Crippen LogP) is 3.44. The molecule has 2 atom stereocenters. The number of rotatable bonds is 3. The van der Waals surface area contributed by atoms with E-state index in [1.165, 1.54) is 5.56 Å². The molecule has 4 heteroatoms. The lowest BCUT2D eigenvalue weighted by Gasteiger charge is -2.14. The molecule has 1 fully saturated rings. The first-order valence-electron chi connectivity index (χ1n) is 5.44. The van der Waals surface area contributed by atoms with E-state index in [1.54, 1.807) is 0 Å². The van der Waals surface area contributed by atoms with Crippen LogP contribution in [-0.4, -0.2) is 18.0 Å². The Labute approximate surface area is 109 Å². The molecule has 1 saturated heterocycles. The fourth-order valence-corrected chi connectivity index (χ4v) is 3.47. The number of nitrogen functional groups attached to an aromatic ring is 1. The van der Waals surface area contributed by atoms with Gasteiger partial charge in [0.05, 0.1) is 6.10 Å². The molecule has 0 aliphatic carbocycles. The predicted molar refractivity (Wildman–Crippen MR) is 73.7 cm³/mol. The molecular formula is C12H16BrNOS. The Morgan fingerprint density at radius 1 is 1.56 bits per heavy atom. The van der Waals surface area contributed by atoms with Crippen LogP contribution < -0.4 is 5.73 Å². The summed E-state index contributed by atoms with van der Waals surface area (Å²) in [4.78, 5) is 0. The van der Waals surface area contributed by atoms with Gasteiger partial charge in [-0.05, 0) is 31.0 Å². The van der Waals surface area contributed by atoms with Crippen LogP contribution in [-0.2, 0) is 10.5 Å². The lowest BCUT2D eigenvalue weighted by Crippen LogP contribution is -2.13. The average Bonchev–Trinajstić information content (AvgIpc) is 2.63. The van der Waals surface area contributed by atoms with Crippen molar-refractivity contribution in [1.82, 2.24) is 0 Å². The van der Waals surface area contributed by atoms with Gasteiger partial charge in [0.1, 0.15) is 0 Å². The molecule has 0 radical (unpaired) electrons. The first-order valence-corrected chi connectivity index (χ1v) is 7.28. The fraction of sp³-hybridized carbons (Fsp3) is 0.500. The third kappa shape index (κ3) is 2.93. The fourth-order valence-electron chi connectivity index (χ4n) is 1.83. The van der Waals surface area contributed by atoms with Crippen molar-refractivity contribution in [1.29, 1.82) is 0 Å². The maximum atomic E-state index is 5.97. The van der Waals surface area contributed by atoms with Crippen molar-refractivity contribution >= 4 is 33.4 Å². The minimum Gasteiger partial charge on any atom is -0.398 e. The molecule has 16 heavy (non-hydrogen) atoms. The number of hydrogen-bond acceptors (Lipinski definition) is 3. The molecule has 1 aromatic rings. The van der Waals surface area contributed by atoms with E-state index < -0.39 is 0 Å². The van der Waals surface area contributed by atoms with Gasteiger partial charge in [-0.25, -0.2) is 0 Å². The number of anilines is 1. The Morgan fingerprint density at radius 2 is 2.38 bits per heavy atom. The van der Waals surface area contributed by atoms with Crippen LogP contribution in [0.3, 0.4) is 0 Å². The largest absolute Gasteiger partial charge is 0.398 e. The van der Waals surface area contributed by atoms with Gasteiger partial charge in [-0.3, -0.25) is 0 Å². The molecule has 88 valence electrons. The number of ether oxygens (including phenoxy) is 1. The highest BCUT2D eigenvalue weighted by molar-refractivity contribution is 9.10. The van der Waals surface area contributed by atoms with E-state index in [-0.39, 0.29) is 0 Å². The second-order valence-corrected chi connectivity index (χ2v) is 6.20. The number of hydrogen-bond donors (Lipinski definition) is 1. The van der Waals surface area contributed by atoms with Crippen LogP contribution in [0.5, 0.6) is 0 Å². The number of thioether (sulfide) groups is 1. The summed E-state index contributed by atoms with van der Waals surface area (Å²) in [6.07, 6.45) is 1.53. The minimum absolute atomic E-state index is 0.377. The van der Waals surface area contributed by atoms with Crippen LogP contribution in [0.1, 0.15) is 18.9 Å². The summed E-state index contributed by atoms with van der Waals surface area (Å²) < 4.78 is 6.58. The Morgan fingerprint density at radius 3 is 3.00 bits per heavy atom. The van der Waals surface area contributed by atoms with Crippen LogP contribution in [0.15, 0.2) is 22.7 Å². The van der Waals surface area contributed by atoms with Gasteiger partial charge in [0.2, 0.25) is 0 Å². The Hall–Kier alpha value is -0.190. The molecule has 2 rings (SSSR count). The quantitative estimate of drug-likeness (QED) is 0.869. The molecule has 1 aromatic carbocycles. The van der Waals surface area contributed by atoms with Crippen LogP contribution >= 0.6 is 27.7 Å². The first-order chi connectivity index (χ1) is 7.66. The van der Waals surface area contributed by atoms with E-state index in [9.17, 15) is 0 Å². The molecule has 1 aliphatic rings. The second kappa shape index (κ2) is 5.43. The Bertz CT molecular complexity index is 372. The van der Waals surface area contributed by atoms with Gasteiger partial charge in [0.25, 0.3) is 0 Å². The van der Waals surface area contributed by atoms with Crippen molar-refractivity contribution < 1.29 is 4.74 Å². The number of benzene rings is 1. The van der Waals surface area contributed by atoms with Crippen molar-refractivity contribution in [2.24, 2.45) is 0 Å². The van der Waals surface area contributed by atoms with Gasteiger partial charge in [-0.1, -0.05) is 22.0 Å². The molecule has 0 aromatic heterocycles. The van der Waals surface area contributed by atoms with E-state index >= 15 is 0 Å². The van der Waals surface area contributed by atoms with Gasteiger partial charge in [-0.15, -0.1) is 0 Å². The summed E-state index contributed by atoms with van der Waals surface area (Å²) in [5.41, 5.74) is 8.05. The summed E-state index contributed by atoms with van der Waals surface area (Å²) in [6.45, 7) is 3.05. The van der Waals surface area contributed by atoms with Crippen LogP contribution in [0, 0.1) is 0 Å². The van der Waals surface area contributed by atoms with Crippen LogP contribution in [0.4, 0.5) is 5.69 Å². The molecule has 2 unspecified atom stereocenters. The minimum atomic E-state index is 0.377. The molecule has 0 amide bonds. The van der Waals surface area contributed by atoms with Crippen molar-refractivity contribution in [2.75, 3.05) is 12.3 Å². The standard InChI is InChI=1S/C12H16BrNOS/c1-8-12(4-5-15-8)16-7-9-2-3-10(13)6-11(9)14/h2-3,6,8,12H,4-5,7,14H2,1H3. The average molecular weight is 302 g/mol. The van der Waals surface area contributed by atoms with Crippen molar-refractivity contribution in [3.63, 3.8) is 0 Å². The molecular weight excluding hydrogens is 286 g/mol. The van der Waals surface area contributed by atoms with Crippen molar-refractivity contribution in [2.45, 2.75) is 30.5 Å². The summed E-state index contributed by atoms with van der Waals surface area (Å²) in [5, 5.41) is 0.614. The molecule has 1 aliphatic heterocycles. The van der Waals surface area contributed by atoms with E-state index in [2.05, 4.69) is 28.9 Å². The molecule has 1 heterocycles. The summed E-state index contributed by atoms with van der Waals surface area (Å²) in [5.74, 6) is 0.970. The zero-order valence-corrected chi connectivity index (χ0v) is 11.7. The monoisotopic (exact) mass is 301 g/mol. The number of nitrogens with two attached hydrogens (primary N) is 1. The molecule has 0 bridgehead atoms. The summed E-state index contributed by atoms with van der Waals surface area (Å²) in [7, 11) is 0. The third-order valence-corrected chi connectivity index (χ3v) is 4.89. The SMILES string of the molecule is CC1OCCC1SCc1ccc(Br)cc1N. The second-order valence-electron chi connectivity index (χ2n) is 4.06. The Kier molecular flexibility index (Phi) is 4.16. The summed E-state index contributed by atoms with van der Waals surface area (Å²) >= 11 is 5.36. The van der Waals surface area contributed by atoms with Gasteiger partial charge in [0.15, 0.2) is 0 Å². The van der Waals surface area contributed by atoms with Gasteiger partial charge in [-0.2, -0.15) is 11.8 Å². The van der Waals surface area contributed by atoms with E-state index in [1.807, 2.05) is 23.9 Å². The lowest BCUT2D eigenvalue weighted by atomic mass is 10.2. The van der Waals surface area contributed by atoms with Crippen molar-refractivity contribution in [3.05, 3.63) is 28.2 Å². The smallest absolute Gasteiger partial charge is 0.0666 e. The first kappa shape index (κ1) is 12.3. The topological polar surface area (TPSA) is 35.2 Å². The molecule has 2 N–H and O–H groups in total. The molecule has 2 nitrogen and oxygen atoms in total. The lowest BCUT2D eigenvalue weighted by molar-refractivity contribution is 0.127. The highest BCUT2D eigenvalue weighted by Gasteiger charge is 2.24. The van der Waals surface area contributed by atoms with E-state index in [0.29, 0.717) is 11.4 Å². The third-order valence-electron chi connectivity index (χ3n) is 2.87. The maximum absolute atomic E-state index is 5.97. The van der Waals surface area contributed by atoms with Crippen molar-refractivity contribution in [3.8, 4) is 0 Å². The van der Waals surface area contributed by atoms with Gasteiger partial charge < -0.3 is 10.5 Å². The molecule has 0 saturated carbocycles. The zero-order chi connectivity index (χ0) is 11.5. The normalized spacial score (nSPS) is 24.9. The Balaban J connectivity index is 1.94. The van der Waals surface area contributed by atoms with E-state index in [4.69, 9.17) is 10.5 Å². The molecule has 0 spiro atoms. The zero-order valence-electron chi connectivity index (χ0n) is 9.28. The van der Waals surface area contributed by atoms with Crippen LogP contribution in [0.25, 0.3) is 0 Å². The van der Waals surface area contributed by atoms with E-state index in [0.717, 1.165) is 28.9 Å². The highest BCUT2D eigenvalue weighted by Crippen LogP contribution is 2.31. The summed E-state index contributed by atoms with van der Waals surface area (Å²) in [6, 6.07) is 6.10. The van der Waals surface area contributed by atoms with Crippen LogP contribution in [0.2, 0.25) is 0 Å². The highest BCUT2D eigenvalue weighted by atomic mass is 79.9. The number of halogens is 1.